The summed E-state index contributed by atoms with van der Waals surface area (Å²) in [6, 6.07) is 1.72. The maximum atomic E-state index is 14.1. The van der Waals surface area contributed by atoms with Crippen LogP contribution in [0.1, 0.15) is 309 Å². The first-order valence-electron chi connectivity index (χ1n) is 45.3. The number of phenols is 2. The lowest BCUT2D eigenvalue weighted by molar-refractivity contribution is -0.153. The van der Waals surface area contributed by atoms with Crippen molar-refractivity contribution in [1.82, 2.24) is 30.7 Å². The zero-order valence-electron chi connectivity index (χ0n) is 73.7. The number of phenolic OH excluding ortho intramolecular Hbond substituents is 2. The molecule has 2 amide bonds. The van der Waals surface area contributed by atoms with Gasteiger partial charge in [0.25, 0.3) is 0 Å². The van der Waals surface area contributed by atoms with E-state index in [2.05, 4.69) is 63.2 Å². The summed E-state index contributed by atoms with van der Waals surface area (Å²) in [4.78, 5) is 87.2. The number of carbonyl (C=O) groups is 6. The summed E-state index contributed by atoms with van der Waals surface area (Å²) in [6.07, 6.45) is 34.7. The van der Waals surface area contributed by atoms with Crippen LogP contribution in [0.2, 0.25) is 0 Å². The number of amides is 2. The fraction of sp³-hybridized carbons (Fsp3) is 0.642. The summed E-state index contributed by atoms with van der Waals surface area (Å²) < 4.78 is 60.4. The number of nitrogens with one attached hydrogen (secondary N) is 3. The van der Waals surface area contributed by atoms with Gasteiger partial charge in [0.05, 0.1) is 61.0 Å². The predicted octanol–water partition coefficient (Wildman–Crippen LogP) is 16.6. The monoisotopic (exact) mass is 1730 g/mol. The number of ether oxygens (including phenoxy) is 10. The number of cyclic esters (lactones) is 1. The van der Waals surface area contributed by atoms with Crippen LogP contribution in [0.4, 0.5) is 0 Å². The number of benzene rings is 4. The van der Waals surface area contributed by atoms with E-state index in [4.69, 9.17) is 47.4 Å². The van der Waals surface area contributed by atoms with Gasteiger partial charge in [0.15, 0.2) is 46.0 Å². The van der Waals surface area contributed by atoms with Crippen LogP contribution in [0.25, 0.3) is 0 Å². The Hall–Kier alpha value is -8.64. The number of nitrogens with zero attached hydrogens (tertiary/aromatic N) is 5. The van der Waals surface area contributed by atoms with Crippen LogP contribution in [0.5, 0.6) is 57.5 Å². The number of methoxy groups -OCH3 is 2. The number of aromatic hydroxyl groups is 2. The van der Waals surface area contributed by atoms with Crippen molar-refractivity contribution in [3.63, 3.8) is 0 Å². The molecule has 11 aliphatic rings. The molecular weight excluding hydrogens is 1610 g/mol. The van der Waals surface area contributed by atoms with Gasteiger partial charge in [0, 0.05) is 113 Å². The number of aryl methyl sites for hydroxylation is 2. The van der Waals surface area contributed by atoms with Crippen molar-refractivity contribution in [2.45, 2.75) is 331 Å². The van der Waals surface area contributed by atoms with E-state index in [9.17, 15) is 49.5 Å². The second-order valence-electron chi connectivity index (χ2n) is 34.9. The summed E-state index contributed by atoms with van der Waals surface area (Å²) in [5.41, 5.74) is 8.60. The zero-order chi connectivity index (χ0) is 87.3. The van der Waals surface area contributed by atoms with Gasteiger partial charge in [-0.2, -0.15) is 10.5 Å². The molecule has 15 rings (SSSR count). The second kappa shape index (κ2) is 42.6. The van der Waals surface area contributed by atoms with Crippen molar-refractivity contribution in [1.29, 1.82) is 10.5 Å². The number of unbranched alkanes of at least 4 members (excludes halogenated alkanes) is 24. The minimum absolute atomic E-state index is 0.0313. The average Bonchev–Trinajstić information content (AvgIpc) is 1.53. The van der Waals surface area contributed by atoms with Crippen LogP contribution in [0.3, 0.4) is 0 Å². The Morgan fingerprint density at radius 2 is 0.935 bits per heavy atom. The highest BCUT2D eigenvalue weighted by atomic mass is 32.2. The Morgan fingerprint density at radius 3 is 1.35 bits per heavy atom. The normalized spacial score (nSPS) is 24.8. The molecule has 0 saturated carbocycles. The van der Waals surface area contributed by atoms with Gasteiger partial charge in [-0.15, -0.1) is 30.1 Å². The lowest BCUT2D eigenvalue weighted by Crippen LogP contribution is -2.70. The molecule has 123 heavy (non-hydrogen) atoms. The lowest BCUT2D eigenvalue weighted by atomic mass is 9.71. The Kier molecular flexibility index (Phi) is 31.9. The van der Waals surface area contributed by atoms with Gasteiger partial charge < -0.3 is 73.5 Å². The number of fused-ring (bicyclic) bond motifs is 19. The number of carbonyl (C=O) groups excluding carboxylic acids is 6. The molecule has 668 valence electrons. The van der Waals surface area contributed by atoms with Crippen molar-refractivity contribution in [2.24, 2.45) is 0 Å². The summed E-state index contributed by atoms with van der Waals surface area (Å²) in [6.45, 7) is 18.7. The van der Waals surface area contributed by atoms with Crippen LogP contribution in [0.15, 0.2) is 24.8 Å². The van der Waals surface area contributed by atoms with Crippen molar-refractivity contribution >= 4 is 59.2 Å². The highest BCUT2D eigenvalue weighted by Crippen LogP contribution is 2.66. The molecule has 0 spiro atoms. The van der Waals surface area contributed by atoms with Crippen molar-refractivity contribution in [3.05, 3.63) is 91.5 Å². The van der Waals surface area contributed by atoms with Crippen LogP contribution in [0, 0.1) is 50.4 Å². The number of piperazine rings is 2. The Bertz CT molecular complexity index is 4600. The topological polar surface area (TPSA) is 329 Å². The molecule has 0 aliphatic carbocycles. The number of hydrogen-bond donors (Lipinski definition) is 5. The number of hydrogen-bond acceptors (Lipinski definition) is 26. The molecule has 4 aromatic carbocycles. The molecule has 4 fully saturated rings. The van der Waals surface area contributed by atoms with Gasteiger partial charge >= 0.3 is 23.9 Å². The molecular formula is C95H128N8O18S2. The smallest absolute Gasteiger partial charge is 0.329 e. The molecule has 5 N–H and O–H groups in total. The molecule has 4 unspecified atom stereocenters. The van der Waals surface area contributed by atoms with Gasteiger partial charge in [-0.05, 0) is 75.6 Å². The number of nitriles is 2. The quantitative estimate of drug-likeness (QED) is 0.0122. The van der Waals surface area contributed by atoms with Gasteiger partial charge in [-0.3, -0.25) is 33.9 Å². The number of rotatable bonds is 36. The maximum absolute atomic E-state index is 14.1. The second-order valence-corrected chi connectivity index (χ2v) is 37.2. The van der Waals surface area contributed by atoms with Crippen molar-refractivity contribution in [3.8, 4) is 69.6 Å². The van der Waals surface area contributed by atoms with Crippen LogP contribution >= 0.6 is 23.5 Å². The van der Waals surface area contributed by atoms with Gasteiger partial charge in [-0.25, -0.2) is 9.59 Å². The van der Waals surface area contributed by atoms with E-state index in [-0.39, 0.29) is 73.7 Å². The fourth-order valence-electron chi connectivity index (χ4n) is 21.1. The molecule has 26 nitrogen and oxygen atoms in total. The summed E-state index contributed by atoms with van der Waals surface area (Å²) in [7, 11) is 3.07. The fourth-order valence-corrected chi connectivity index (χ4v) is 24.1. The first-order valence-corrected chi connectivity index (χ1v) is 47.4. The Balaban J connectivity index is 0.000000212. The van der Waals surface area contributed by atoms with Gasteiger partial charge in [0.2, 0.25) is 25.4 Å². The van der Waals surface area contributed by atoms with Crippen molar-refractivity contribution < 1.29 is 86.3 Å². The molecule has 0 radical (unpaired) electrons. The third-order valence-corrected chi connectivity index (χ3v) is 29.5. The van der Waals surface area contributed by atoms with Crippen molar-refractivity contribution in [2.75, 3.05) is 59.1 Å². The SMILES string of the molecule is C=CCN1[C@@H]2c3c(cc(C)c(OC)c3O)C[C@H]1[C@H](C#N)N1C2[C@@H]2SCC(NC(=O)CCCCCCCCCCCCCCC)C(=O)OC[C@H]1c1c3c(c(C)c(OC(C)=O)c12)OCO3.CCCCCCCCCCCCCCCC(=O)NC1CS[C@@H]2c3c(OC(C)=O)c(C)c4c(c3[C@H](COC1=O)N1C2[C@@H]2N[C@@H](Cc3cc(C)c(OC)c(O)c32)[C@@H]1C#N)OCO4. The maximum Gasteiger partial charge on any atom is 0.329 e. The Morgan fingerprint density at radius 1 is 0.537 bits per heavy atom. The molecule has 0 aromatic heterocycles. The molecule has 4 aromatic rings. The van der Waals surface area contributed by atoms with Crippen LogP contribution in [-0.2, 0) is 51.1 Å². The summed E-state index contributed by atoms with van der Waals surface area (Å²) in [5, 5.41) is 54.8. The lowest BCUT2D eigenvalue weighted by Gasteiger charge is -2.62. The summed E-state index contributed by atoms with van der Waals surface area (Å²) in [5.74, 6) is 0.959. The first kappa shape index (κ1) is 92.0. The largest absolute Gasteiger partial charge is 0.504 e. The highest BCUT2D eigenvalue weighted by molar-refractivity contribution is 7.99. The molecule has 4 saturated heterocycles. The number of thioether (sulfide) groups is 2. The molecule has 14 atom stereocenters. The van der Waals surface area contributed by atoms with E-state index >= 15 is 0 Å². The van der Waals surface area contributed by atoms with Gasteiger partial charge in [0.1, 0.15) is 48.9 Å². The number of esters is 4. The van der Waals surface area contributed by atoms with Crippen LogP contribution < -0.4 is 53.8 Å². The van der Waals surface area contributed by atoms with Crippen LogP contribution in [-0.4, -0.2) is 168 Å². The highest BCUT2D eigenvalue weighted by Gasteiger charge is 2.63. The van der Waals surface area contributed by atoms with E-state index in [1.165, 1.54) is 174 Å². The molecule has 11 heterocycles. The van der Waals surface area contributed by atoms with E-state index in [1.807, 2.05) is 45.9 Å². The molecule has 8 bridgehead atoms. The van der Waals surface area contributed by atoms with Gasteiger partial charge in [-0.1, -0.05) is 186 Å². The minimum Gasteiger partial charge on any atom is -0.504 e. The zero-order valence-corrected chi connectivity index (χ0v) is 75.3. The Labute approximate surface area is 733 Å². The third-order valence-electron chi connectivity index (χ3n) is 26.7. The standard InChI is InChI=1S/C49H66N4O9S.C46H62N4O9S/c1-7-9-10-11-12-13-14-15-16-17-18-19-20-21-37(55)51-33-27-63-48-40-39(47-46(60-28-61-47)30(4)45(40)62-31(5)54)36(26-59-49(33)57)53-35(25-50)34-24-32-23-29(3)44(58-6)43(56)38(32)41(42(48)53)52(34)22-8-2;1-6-7-8-9-10-11-12-13-14-15-16-17-18-19-34(52)48-31-24-60-45-37-36(44-43(57-25-58-44)27(3)42(37)59-28(4)51)33(23-56-46(31)54)50-32(22-47)30-21-29-20-26(2)41(55-5)40(53)35(29)38(49-30)39(45)50/h8,23,33-36,41-42,48,56H,2,7,9-22,24,26-28H2,1,3-6H3,(H,51,55);20,30-33,38-39,45,49,53H,6-19,21,23-25H2,1-5H3,(H,48,52)/t33?,34-,35-,36-,41+,42?,48+;30-,31?,32-,33-,38+,39?,45+/m00/s1. The van der Waals surface area contributed by atoms with E-state index in [0.29, 0.717) is 123 Å². The average molecular weight is 1730 g/mol. The minimum atomic E-state index is -0.963. The third kappa shape index (κ3) is 19.5. The summed E-state index contributed by atoms with van der Waals surface area (Å²) >= 11 is 2.86. The van der Waals surface area contributed by atoms with E-state index < -0.39 is 94.8 Å². The molecule has 28 heteroatoms. The van der Waals surface area contributed by atoms with E-state index in [0.717, 1.165) is 67.2 Å². The predicted molar refractivity (Wildman–Crippen MR) is 469 cm³/mol. The van der Waals surface area contributed by atoms with E-state index in [1.54, 1.807) is 0 Å². The molecule has 11 aliphatic heterocycles. The first-order chi connectivity index (χ1) is 59.6.